The lowest BCUT2D eigenvalue weighted by atomic mass is 10.0. The summed E-state index contributed by atoms with van der Waals surface area (Å²) in [5.41, 5.74) is 2.77. The average molecular weight is 469 g/mol. The van der Waals surface area contributed by atoms with Gasteiger partial charge in [-0.05, 0) is 62.2 Å². The predicted molar refractivity (Wildman–Crippen MR) is 132 cm³/mol. The van der Waals surface area contributed by atoms with Gasteiger partial charge in [0.25, 0.3) is 0 Å². The lowest BCUT2D eigenvalue weighted by Gasteiger charge is -2.34. The third kappa shape index (κ3) is 5.46. The summed E-state index contributed by atoms with van der Waals surface area (Å²) in [5.74, 6) is 0.462. The number of hydrogen-bond acceptors (Lipinski definition) is 5. The number of aliphatic carboxylic acids is 1. The average Bonchev–Trinajstić information content (AvgIpc) is 3.23. The molecule has 34 heavy (non-hydrogen) atoms. The molecule has 0 amide bonds. The standard InChI is InChI=1S/C27H33FN2O4/c1-3-19-11-16-30(25(19)18-27(31)32)20-5-7-21(8-6-20)34-22-12-14-29(15-13-22)26-17-23(33-4-2)9-10-24(26)28/h3,5-10,17,22,25H,4,11-16,18H2,1-2H3,(H,31,32)/b19-3+/t25-/m0/s1. The molecule has 2 fully saturated rings. The molecule has 0 aromatic heterocycles. The van der Waals surface area contributed by atoms with Crippen LogP contribution in [0.25, 0.3) is 0 Å². The van der Waals surface area contributed by atoms with Gasteiger partial charge in [-0.1, -0.05) is 6.08 Å². The van der Waals surface area contributed by atoms with Crippen LogP contribution in [0.2, 0.25) is 0 Å². The summed E-state index contributed by atoms with van der Waals surface area (Å²) < 4.78 is 26.1. The van der Waals surface area contributed by atoms with E-state index >= 15 is 0 Å². The van der Waals surface area contributed by atoms with Crippen LogP contribution >= 0.6 is 0 Å². The number of halogens is 1. The molecule has 0 spiro atoms. The first-order valence-electron chi connectivity index (χ1n) is 12.1. The Morgan fingerprint density at radius 3 is 2.47 bits per heavy atom. The minimum absolute atomic E-state index is 0.0707. The summed E-state index contributed by atoms with van der Waals surface area (Å²) in [4.78, 5) is 15.6. The quantitative estimate of drug-likeness (QED) is 0.533. The van der Waals surface area contributed by atoms with Gasteiger partial charge in [0.05, 0.1) is 24.8 Å². The lowest BCUT2D eigenvalue weighted by molar-refractivity contribution is -0.137. The summed E-state index contributed by atoms with van der Waals surface area (Å²) in [6, 6.07) is 12.7. The Labute approximate surface area is 200 Å². The number of ether oxygens (including phenoxy) is 2. The molecule has 0 bridgehead atoms. The van der Waals surface area contributed by atoms with Gasteiger partial charge in [-0.3, -0.25) is 4.79 Å². The molecule has 7 heteroatoms. The Balaban J connectivity index is 1.34. The zero-order valence-corrected chi connectivity index (χ0v) is 19.9. The van der Waals surface area contributed by atoms with E-state index in [9.17, 15) is 14.3 Å². The van der Waals surface area contributed by atoms with Gasteiger partial charge in [0, 0.05) is 44.2 Å². The fourth-order valence-electron chi connectivity index (χ4n) is 4.94. The van der Waals surface area contributed by atoms with Crippen molar-refractivity contribution < 1.29 is 23.8 Å². The molecule has 0 saturated carbocycles. The maximum Gasteiger partial charge on any atom is 0.305 e. The third-order valence-electron chi connectivity index (χ3n) is 6.67. The van der Waals surface area contributed by atoms with Crippen LogP contribution in [0.5, 0.6) is 11.5 Å². The number of benzene rings is 2. The van der Waals surface area contributed by atoms with E-state index < -0.39 is 5.97 Å². The number of anilines is 2. The van der Waals surface area contributed by atoms with Gasteiger partial charge in [-0.25, -0.2) is 4.39 Å². The van der Waals surface area contributed by atoms with Crippen molar-refractivity contribution in [2.75, 3.05) is 36.0 Å². The smallest absolute Gasteiger partial charge is 0.305 e. The van der Waals surface area contributed by atoms with Gasteiger partial charge in [-0.15, -0.1) is 0 Å². The summed E-state index contributed by atoms with van der Waals surface area (Å²) in [7, 11) is 0. The van der Waals surface area contributed by atoms with Crippen LogP contribution in [0, 0.1) is 5.82 Å². The summed E-state index contributed by atoms with van der Waals surface area (Å²) in [6.45, 7) is 6.68. The molecule has 1 N–H and O–H groups in total. The first kappa shape index (κ1) is 23.9. The Morgan fingerprint density at radius 2 is 1.82 bits per heavy atom. The van der Waals surface area contributed by atoms with Gasteiger partial charge in [0.1, 0.15) is 23.4 Å². The maximum absolute atomic E-state index is 14.4. The van der Waals surface area contributed by atoms with Gasteiger partial charge in [0.15, 0.2) is 0 Å². The number of rotatable bonds is 8. The van der Waals surface area contributed by atoms with Crippen molar-refractivity contribution in [2.24, 2.45) is 0 Å². The number of carboxylic acids is 1. The van der Waals surface area contributed by atoms with E-state index in [0.29, 0.717) is 31.1 Å². The number of hydrogen-bond donors (Lipinski definition) is 1. The zero-order chi connectivity index (χ0) is 24.1. The molecule has 1 atom stereocenters. The SMILES string of the molecule is C/C=C1\CCN(c2ccc(OC3CCN(c4cc(OCC)ccc4F)CC3)cc2)[C@H]1CC(=O)O. The number of allylic oxidation sites excluding steroid dienone is 1. The van der Waals surface area contributed by atoms with Crippen molar-refractivity contribution >= 4 is 17.3 Å². The molecule has 2 heterocycles. The second-order valence-electron chi connectivity index (χ2n) is 8.77. The minimum atomic E-state index is -0.785. The van der Waals surface area contributed by atoms with Gasteiger partial charge in [0.2, 0.25) is 0 Å². The summed E-state index contributed by atoms with van der Waals surface area (Å²) >= 11 is 0. The fourth-order valence-corrected chi connectivity index (χ4v) is 4.94. The van der Waals surface area contributed by atoms with Crippen molar-refractivity contribution in [3.8, 4) is 11.5 Å². The van der Waals surface area contributed by atoms with Crippen molar-refractivity contribution in [2.45, 2.75) is 51.7 Å². The van der Waals surface area contributed by atoms with E-state index in [2.05, 4.69) is 9.80 Å². The number of piperidine rings is 1. The molecular formula is C27H33FN2O4. The van der Waals surface area contributed by atoms with E-state index in [-0.39, 0.29) is 24.4 Å². The zero-order valence-electron chi connectivity index (χ0n) is 19.9. The van der Waals surface area contributed by atoms with E-state index in [1.165, 1.54) is 11.6 Å². The van der Waals surface area contributed by atoms with Crippen LogP contribution in [0.4, 0.5) is 15.8 Å². The molecule has 2 aliphatic rings. The first-order chi connectivity index (χ1) is 16.5. The molecule has 0 radical (unpaired) electrons. The van der Waals surface area contributed by atoms with E-state index in [1.54, 1.807) is 12.1 Å². The first-order valence-corrected chi connectivity index (χ1v) is 12.1. The largest absolute Gasteiger partial charge is 0.494 e. The van der Waals surface area contributed by atoms with Gasteiger partial charge < -0.3 is 24.4 Å². The molecule has 0 unspecified atom stereocenters. The van der Waals surface area contributed by atoms with Crippen LogP contribution < -0.4 is 19.3 Å². The molecule has 2 aromatic rings. The highest BCUT2D eigenvalue weighted by Gasteiger charge is 2.31. The molecule has 182 valence electrons. The van der Waals surface area contributed by atoms with Crippen LogP contribution in [0.1, 0.15) is 39.5 Å². The van der Waals surface area contributed by atoms with Gasteiger partial charge >= 0.3 is 5.97 Å². The minimum Gasteiger partial charge on any atom is -0.494 e. The number of carboxylic acid groups (broad SMARTS) is 1. The highest BCUT2D eigenvalue weighted by atomic mass is 19.1. The fraction of sp³-hybridized carbons (Fsp3) is 0.444. The Morgan fingerprint density at radius 1 is 1.12 bits per heavy atom. The topological polar surface area (TPSA) is 62.2 Å². The molecule has 2 aromatic carbocycles. The molecule has 6 nitrogen and oxygen atoms in total. The van der Waals surface area contributed by atoms with Crippen molar-refractivity contribution in [1.29, 1.82) is 0 Å². The van der Waals surface area contributed by atoms with E-state index in [0.717, 1.165) is 37.2 Å². The maximum atomic E-state index is 14.4. The molecule has 2 aliphatic heterocycles. The third-order valence-corrected chi connectivity index (χ3v) is 6.67. The number of carbonyl (C=O) groups is 1. The molecule has 0 aliphatic carbocycles. The van der Waals surface area contributed by atoms with Crippen molar-refractivity contribution in [1.82, 2.24) is 0 Å². The normalized spacial score (nSPS) is 20.1. The van der Waals surface area contributed by atoms with Gasteiger partial charge in [-0.2, -0.15) is 0 Å². The Hall–Kier alpha value is -3.22. The van der Waals surface area contributed by atoms with Crippen LogP contribution in [0.3, 0.4) is 0 Å². The molecular weight excluding hydrogens is 435 g/mol. The monoisotopic (exact) mass is 468 g/mol. The van der Waals surface area contributed by atoms with Crippen LogP contribution in [-0.2, 0) is 4.79 Å². The molecule has 4 rings (SSSR count). The summed E-state index contributed by atoms with van der Waals surface area (Å²) in [6.07, 6.45) is 4.71. The van der Waals surface area contributed by atoms with E-state index in [4.69, 9.17) is 9.47 Å². The lowest BCUT2D eigenvalue weighted by Crippen LogP contribution is -2.38. The Kier molecular flexibility index (Phi) is 7.60. The summed E-state index contributed by atoms with van der Waals surface area (Å²) in [5, 5.41) is 9.32. The second-order valence-corrected chi connectivity index (χ2v) is 8.77. The molecule has 2 saturated heterocycles. The number of nitrogens with zero attached hydrogens (tertiary/aromatic N) is 2. The Bertz CT molecular complexity index is 1020. The van der Waals surface area contributed by atoms with Crippen LogP contribution in [-0.4, -0.2) is 49.5 Å². The highest BCUT2D eigenvalue weighted by Crippen LogP contribution is 2.33. The second kappa shape index (κ2) is 10.8. The van der Waals surface area contributed by atoms with Crippen LogP contribution in [0.15, 0.2) is 54.1 Å². The highest BCUT2D eigenvalue weighted by molar-refractivity contribution is 5.70. The van der Waals surface area contributed by atoms with Crippen molar-refractivity contribution in [3.63, 3.8) is 0 Å². The predicted octanol–water partition coefficient (Wildman–Crippen LogP) is 5.27. The van der Waals surface area contributed by atoms with E-state index in [1.807, 2.05) is 44.2 Å². The van der Waals surface area contributed by atoms with Crippen molar-refractivity contribution in [3.05, 3.63) is 59.9 Å².